The zero-order valence-electron chi connectivity index (χ0n) is 25.0. The highest BCUT2D eigenvalue weighted by molar-refractivity contribution is 6.34. The lowest BCUT2D eigenvalue weighted by molar-refractivity contribution is -0.130. The number of carboxylic acids is 2. The normalized spacial score (nSPS) is 12.0. The van der Waals surface area contributed by atoms with Gasteiger partial charge in [0.05, 0.1) is 23.3 Å². The van der Waals surface area contributed by atoms with Crippen LogP contribution in [0.4, 0.5) is 0 Å². The third-order valence-corrected chi connectivity index (χ3v) is 6.04. The number of nitriles is 2. The minimum atomic E-state index is -1.16. The fourth-order valence-electron chi connectivity index (χ4n) is 3.60. The zero-order chi connectivity index (χ0) is 33.3. The highest BCUT2D eigenvalue weighted by Crippen LogP contribution is 2.24. The monoisotopic (exact) mass is 622 g/mol. The first-order chi connectivity index (χ1) is 22.2. The third kappa shape index (κ3) is 11.0. The van der Waals surface area contributed by atoms with Crippen molar-refractivity contribution in [1.82, 2.24) is 0 Å². The Morgan fingerprint density at radius 3 is 1.28 bits per heavy atom. The Hall–Kier alpha value is -6.40. The van der Waals surface area contributed by atoms with Crippen LogP contribution in [0.1, 0.15) is 36.1 Å². The molecule has 46 heavy (non-hydrogen) atoms. The first-order valence-corrected chi connectivity index (χ1v) is 13.8. The molecule has 0 radical (unpaired) electrons. The van der Waals surface area contributed by atoms with E-state index in [0.29, 0.717) is 33.8 Å². The fourth-order valence-corrected chi connectivity index (χ4v) is 3.60. The molecule has 0 aliphatic carbocycles. The second kappa shape index (κ2) is 17.7. The summed E-state index contributed by atoms with van der Waals surface area (Å²) >= 11 is 0. The molecule has 3 rings (SSSR count). The van der Waals surface area contributed by atoms with E-state index in [1.54, 1.807) is 84.9 Å². The van der Waals surface area contributed by atoms with E-state index in [1.807, 2.05) is 0 Å². The van der Waals surface area contributed by atoms with E-state index in [0.717, 1.165) is 11.1 Å². The summed E-state index contributed by atoms with van der Waals surface area (Å²) in [7, 11) is 0. The predicted octanol–water partition coefficient (Wildman–Crippen LogP) is 5.53. The van der Waals surface area contributed by atoms with Gasteiger partial charge in [-0.15, -0.1) is 0 Å². The summed E-state index contributed by atoms with van der Waals surface area (Å²) in [5.74, 6) is -1.16. The molecule has 0 atom stereocenters. The van der Waals surface area contributed by atoms with Crippen molar-refractivity contribution in [3.05, 3.63) is 95.1 Å². The number of hydrogen-bond donors (Lipinski definition) is 2. The summed E-state index contributed by atoms with van der Waals surface area (Å²) in [6.07, 6.45) is 3.48. The number of benzene rings is 3. The minimum Gasteiger partial charge on any atom is -0.490 e. The van der Waals surface area contributed by atoms with Crippen molar-refractivity contribution in [3.63, 3.8) is 0 Å². The van der Waals surface area contributed by atoms with E-state index in [2.05, 4.69) is 22.4 Å². The molecule has 0 heterocycles. The van der Waals surface area contributed by atoms with E-state index >= 15 is 0 Å². The van der Waals surface area contributed by atoms with Gasteiger partial charge >= 0.3 is 11.9 Å². The van der Waals surface area contributed by atoms with Gasteiger partial charge in [0.2, 0.25) is 0 Å². The topological polar surface area (TPSA) is 184 Å². The molecule has 12 nitrogen and oxygen atoms in total. The minimum absolute atomic E-state index is 0.0806. The Labute approximate surface area is 265 Å². The average molecular weight is 623 g/mol. The highest BCUT2D eigenvalue weighted by Gasteiger charge is 2.07. The van der Waals surface area contributed by atoms with Gasteiger partial charge in [-0.3, -0.25) is 0 Å². The molecule has 234 valence electrons. The van der Waals surface area contributed by atoms with Crippen LogP contribution in [-0.4, -0.2) is 60.0 Å². The third-order valence-electron chi connectivity index (χ3n) is 6.04. The maximum Gasteiger partial charge on any atom is 0.353 e. The van der Waals surface area contributed by atoms with Gasteiger partial charge < -0.3 is 29.4 Å². The molecule has 3 aromatic rings. The molecule has 12 heteroatoms. The van der Waals surface area contributed by atoms with Gasteiger partial charge in [-0.2, -0.15) is 10.5 Å². The number of allylic oxidation sites excluding steroid dienone is 2. The van der Waals surface area contributed by atoms with Crippen LogP contribution < -0.4 is 9.47 Å². The molecule has 3 aromatic carbocycles. The highest BCUT2D eigenvalue weighted by atomic mass is 16.6. The summed E-state index contributed by atoms with van der Waals surface area (Å²) < 4.78 is 11.1. The predicted molar refractivity (Wildman–Crippen MR) is 171 cm³/mol. The van der Waals surface area contributed by atoms with Crippen molar-refractivity contribution in [2.45, 2.75) is 13.8 Å². The second-order valence-electron chi connectivity index (χ2n) is 9.38. The number of nitrogens with zero attached hydrogens (tertiary/aromatic N) is 4. The molecule has 0 unspecified atom stereocenters. The number of rotatable bonds is 16. The number of aliphatic carboxylic acids is 2. The fraction of sp³-hybridized carbons (Fsp3) is 0.176. The lowest BCUT2D eigenvalue weighted by Gasteiger charge is -2.07. The Morgan fingerprint density at radius 2 is 0.978 bits per heavy atom. The summed E-state index contributed by atoms with van der Waals surface area (Å²) in [5, 5.41) is 44.0. The van der Waals surface area contributed by atoms with E-state index in [1.165, 1.54) is 13.8 Å². The van der Waals surface area contributed by atoms with Crippen LogP contribution in [0.15, 0.2) is 83.1 Å². The number of carboxylic acid groups (broad SMARTS) is 2. The lowest BCUT2D eigenvalue weighted by Crippen LogP contribution is -2.10. The van der Waals surface area contributed by atoms with E-state index in [-0.39, 0.29) is 37.9 Å². The maximum atomic E-state index is 10.7. The molecular formula is C34H30N4O8. The number of oxime groups is 2. The molecule has 0 aliphatic rings. The summed E-state index contributed by atoms with van der Waals surface area (Å²) in [6, 6.07) is 25.7. The largest absolute Gasteiger partial charge is 0.490 e. The Kier molecular flexibility index (Phi) is 13.1. The number of carbonyl (C=O) groups is 2. The van der Waals surface area contributed by atoms with Crippen LogP contribution in [-0.2, 0) is 19.3 Å². The molecule has 0 saturated heterocycles. The molecule has 2 N–H and O–H groups in total. The van der Waals surface area contributed by atoms with Crippen molar-refractivity contribution >= 4 is 46.7 Å². The van der Waals surface area contributed by atoms with Crippen molar-refractivity contribution in [1.29, 1.82) is 10.5 Å². The van der Waals surface area contributed by atoms with Gasteiger partial charge in [-0.1, -0.05) is 58.8 Å². The summed E-state index contributed by atoms with van der Waals surface area (Å²) in [6.45, 7) is 3.16. The van der Waals surface area contributed by atoms with Crippen molar-refractivity contribution in [2.75, 3.05) is 26.4 Å². The van der Waals surface area contributed by atoms with Crippen LogP contribution >= 0.6 is 0 Å². The molecular weight excluding hydrogens is 592 g/mol. The van der Waals surface area contributed by atoms with E-state index in [4.69, 9.17) is 29.4 Å². The number of ether oxygens (including phenoxy) is 2. The van der Waals surface area contributed by atoms with E-state index in [9.17, 15) is 20.1 Å². The van der Waals surface area contributed by atoms with Gasteiger partial charge in [0.1, 0.15) is 24.7 Å². The molecule has 0 spiro atoms. The Morgan fingerprint density at radius 1 is 0.630 bits per heavy atom. The SMILES string of the molecule is C/C(=N\OCCOc1ccc(/C=C(\C#N)c2ccc(/C(C#N)=C\c3ccc(OCCO/N=C(\C)C(=O)O)cc3)cc2)cc1)C(=O)O. The molecule has 0 bridgehead atoms. The standard InChI is InChI=1S/C34H30N4O8/c1-23(33(39)40)37-45-17-15-43-31-11-3-25(4-12-31)19-29(21-35)27-7-9-28(10-8-27)30(22-36)20-26-5-13-32(14-6-26)44-16-18-46-38-24(2)34(41)42/h3-14,19-20H,15-18H2,1-2H3,(H,39,40)(H,41,42)/b29-19-,30-20+,37-23+,38-24+. The van der Waals surface area contributed by atoms with Crippen LogP contribution in [0.5, 0.6) is 11.5 Å². The zero-order valence-corrected chi connectivity index (χ0v) is 25.0. The van der Waals surface area contributed by atoms with Crippen molar-refractivity contribution in [3.8, 4) is 23.6 Å². The molecule has 0 amide bonds. The molecule has 0 fully saturated rings. The number of hydrogen-bond acceptors (Lipinski definition) is 10. The molecule has 0 saturated carbocycles. The van der Waals surface area contributed by atoms with E-state index < -0.39 is 11.9 Å². The summed E-state index contributed by atoms with van der Waals surface area (Å²) in [4.78, 5) is 31.2. The molecule has 0 aliphatic heterocycles. The van der Waals surface area contributed by atoms with Gasteiger partial charge in [0.15, 0.2) is 24.6 Å². The van der Waals surface area contributed by atoms with Crippen LogP contribution in [0.3, 0.4) is 0 Å². The van der Waals surface area contributed by atoms with Gasteiger partial charge in [0.25, 0.3) is 0 Å². The summed E-state index contributed by atoms with van der Waals surface area (Å²) in [5.41, 5.74) is 3.51. The smallest absolute Gasteiger partial charge is 0.353 e. The van der Waals surface area contributed by atoms with Crippen molar-refractivity contribution < 1.29 is 39.0 Å². The Bertz CT molecular complexity index is 1580. The van der Waals surface area contributed by atoms with Crippen LogP contribution in [0, 0.1) is 22.7 Å². The molecule has 0 aromatic heterocycles. The lowest BCUT2D eigenvalue weighted by atomic mass is 9.99. The first kappa shape index (κ1) is 34.1. The quantitative estimate of drug-likeness (QED) is 0.0677. The van der Waals surface area contributed by atoms with Gasteiger partial charge in [-0.25, -0.2) is 9.59 Å². The maximum absolute atomic E-state index is 10.7. The van der Waals surface area contributed by atoms with Crippen LogP contribution in [0.2, 0.25) is 0 Å². The average Bonchev–Trinajstić information content (AvgIpc) is 3.06. The Balaban J connectivity index is 1.57. The first-order valence-electron chi connectivity index (χ1n) is 13.8. The van der Waals surface area contributed by atoms with Crippen molar-refractivity contribution in [2.24, 2.45) is 10.3 Å². The van der Waals surface area contributed by atoms with Gasteiger partial charge in [0, 0.05) is 0 Å². The van der Waals surface area contributed by atoms with Crippen LogP contribution in [0.25, 0.3) is 23.3 Å². The van der Waals surface area contributed by atoms with Gasteiger partial charge in [-0.05, 0) is 72.5 Å². The second-order valence-corrected chi connectivity index (χ2v) is 9.38.